The van der Waals surface area contributed by atoms with Crippen molar-refractivity contribution in [3.05, 3.63) is 5.82 Å². The zero-order chi connectivity index (χ0) is 13.5. The first-order chi connectivity index (χ1) is 9.01. The number of hydrogen-bond donors (Lipinski definition) is 1. The molecule has 0 saturated heterocycles. The highest BCUT2D eigenvalue weighted by atomic mass is 16.5. The molecule has 0 radical (unpaired) electrons. The lowest BCUT2D eigenvalue weighted by Gasteiger charge is -2.49. The maximum Gasteiger partial charge on any atom is 0.312 e. The molecule has 4 rings (SSSR count). The van der Waals surface area contributed by atoms with Crippen LogP contribution in [0.5, 0.6) is 0 Å². The largest absolute Gasteiger partial charge is 0.457 e. The predicted octanol–water partition coefficient (Wildman–Crippen LogP) is 0.339. The Morgan fingerprint density at radius 1 is 1.32 bits per heavy atom. The van der Waals surface area contributed by atoms with Crippen LogP contribution in [-0.2, 0) is 23.2 Å². The Morgan fingerprint density at radius 2 is 1.95 bits per heavy atom. The monoisotopic (exact) mass is 266 g/mol. The number of carbonyl (C=O) groups excluding carboxylic acids is 1. The third-order valence-electron chi connectivity index (χ3n) is 4.52. The number of tetrazole rings is 1. The van der Waals surface area contributed by atoms with E-state index < -0.39 is 11.0 Å². The molecule has 1 aromatic rings. The number of hydrogen-bond acceptors (Lipinski definition) is 6. The summed E-state index contributed by atoms with van der Waals surface area (Å²) >= 11 is 0. The summed E-state index contributed by atoms with van der Waals surface area (Å²) in [5.41, 5.74) is -0.929. The second-order valence-corrected chi connectivity index (χ2v) is 5.78. The first kappa shape index (κ1) is 12.5. The van der Waals surface area contributed by atoms with Crippen molar-refractivity contribution in [2.24, 2.45) is 12.5 Å². The molecule has 3 saturated carbocycles. The van der Waals surface area contributed by atoms with E-state index in [0.29, 0.717) is 25.1 Å². The molecule has 2 bridgehead atoms. The number of carbonyl (C=O) groups is 1. The normalized spacial score (nSPS) is 33.4. The molecule has 0 amide bonds. The molecule has 3 aliphatic carbocycles. The minimum Gasteiger partial charge on any atom is -0.457 e. The molecular weight excluding hydrogens is 248 g/mol. The van der Waals surface area contributed by atoms with E-state index >= 15 is 0 Å². The summed E-state index contributed by atoms with van der Waals surface area (Å²) in [6.45, 7) is 0.0681. The molecule has 19 heavy (non-hydrogen) atoms. The second kappa shape index (κ2) is 4.26. The molecule has 7 nitrogen and oxygen atoms in total. The fourth-order valence-corrected chi connectivity index (χ4v) is 3.14. The molecule has 0 unspecified atom stereocenters. The van der Waals surface area contributed by atoms with Crippen LogP contribution in [0.4, 0.5) is 0 Å². The smallest absolute Gasteiger partial charge is 0.312 e. The summed E-state index contributed by atoms with van der Waals surface area (Å²) in [5.74, 6) is 0.233. The van der Waals surface area contributed by atoms with Gasteiger partial charge in [0.05, 0.1) is 18.1 Å². The highest BCUT2D eigenvalue weighted by Crippen LogP contribution is 2.52. The minimum absolute atomic E-state index is 0.0681. The lowest BCUT2D eigenvalue weighted by atomic mass is 9.59. The number of aromatic nitrogens is 4. The van der Waals surface area contributed by atoms with Crippen molar-refractivity contribution in [2.45, 2.75) is 50.7 Å². The van der Waals surface area contributed by atoms with Crippen LogP contribution in [0.15, 0.2) is 0 Å². The predicted molar refractivity (Wildman–Crippen MR) is 63.7 cm³/mol. The van der Waals surface area contributed by atoms with Gasteiger partial charge in [-0.3, -0.25) is 4.79 Å². The fourth-order valence-electron chi connectivity index (χ4n) is 3.14. The topological polar surface area (TPSA) is 90.1 Å². The Bertz CT molecular complexity index is 474. The van der Waals surface area contributed by atoms with Crippen molar-refractivity contribution in [1.82, 2.24) is 20.2 Å². The van der Waals surface area contributed by atoms with E-state index in [9.17, 15) is 9.90 Å². The van der Waals surface area contributed by atoms with Gasteiger partial charge in [-0.1, -0.05) is 0 Å². The van der Waals surface area contributed by atoms with Gasteiger partial charge in [-0.2, -0.15) is 4.80 Å². The Balaban J connectivity index is 1.61. The van der Waals surface area contributed by atoms with E-state index in [1.165, 1.54) is 4.80 Å². The maximum absolute atomic E-state index is 12.3. The summed E-state index contributed by atoms with van der Waals surface area (Å²) in [4.78, 5) is 13.6. The molecule has 3 aliphatic rings. The Morgan fingerprint density at radius 3 is 2.47 bits per heavy atom. The average Bonchev–Trinajstić information content (AvgIpc) is 2.83. The standard InChI is InChI=1S/C12H18N4O3/c1-16-14-9(13-15-16)8-19-10(17)11-2-5-12(18,6-3-11)7-4-11/h18H,2-8H2,1H3. The van der Waals surface area contributed by atoms with Crippen molar-refractivity contribution in [2.75, 3.05) is 0 Å². The van der Waals surface area contributed by atoms with Crippen LogP contribution in [0, 0.1) is 5.41 Å². The Kier molecular flexibility index (Phi) is 2.81. The van der Waals surface area contributed by atoms with Crippen molar-refractivity contribution >= 4 is 5.97 Å². The third kappa shape index (κ3) is 2.22. The molecule has 7 heteroatoms. The summed E-state index contributed by atoms with van der Waals surface area (Å²) in [6.07, 6.45) is 4.26. The van der Waals surface area contributed by atoms with Gasteiger partial charge in [0, 0.05) is 0 Å². The molecular formula is C12H18N4O3. The quantitative estimate of drug-likeness (QED) is 0.793. The van der Waals surface area contributed by atoms with Crippen LogP contribution in [0.25, 0.3) is 0 Å². The number of esters is 1. The molecule has 0 spiro atoms. The molecule has 1 aromatic heterocycles. The molecule has 0 atom stereocenters. The number of aliphatic hydroxyl groups is 1. The Labute approximate surface area is 110 Å². The van der Waals surface area contributed by atoms with Gasteiger partial charge in [0.2, 0.25) is 5.82 Å². The van der Waals surface area contributed by atoms with E-state index in [4.69, 9.17) is 4.74 Å². The van der Waals surface area contributed by atoms with Gasteiger partial charge >= 0.3 is 5.97 Å². The van der Waals surface area contributed by atoms with Crippen LogP contribution in [0.3, 0.4) is 0 Å². The van der Waals surface area contributed by atoms with Gasteiger partial charge in [-0.05, 0) is 43.7 Å². The lowest BCUT2D eigenvalue weighted by Crippen LogP contribution is -2.49. The number of ether oxygens (including phenoxy) is 1. The van der Waals surface area contributed by atoms with Crippen LogP contribution in [0.1, 0.15) is 44.3 Å². The third-order valence-corrected chi connectivity index (χ3v) is 4.52. The highest BCUT2D eigenvalue weighted by Gasteiger charge is 2.52. The van der Waals surface area contributed by atoms with E-state index in [2.05, 4.69) is 15.4 Å². The molecule has 0 aromatic carbocycles. The number of rotatable bonds is 3. The first-order valence-corrected chi connectivity index (χ1v) is 6.64. The lowest BCUT2D eigenvalue weighted by molar-refractivity contribution is -0.173. The number of nitrogens with zero attached hydrogens (tertiary/aromatic N) is 4. The fraction of sp³-hybridized carbons (Fsp3) is 0.833. The summed E-state index contributed by atoms with van der Waals surface area (Å²) in [6, 6.07) is 0. The van der Waals surface area contributed by atoms with Gasteiger partial charge in [-0.15, -0.1) is 10.2 Å². The molecule has 0 aliphatic heterocycles. The van der Waals surface area contributed by atoms with Crippen molar-refractivity contribution in [3.63, 3.8) is 0 Å². The van der Waals surface area contributed by atoms with Crippen molar-refractivity contribution < 1.29 is 14.6 Å². The minimum atomic E-state index is -0.533. The molecule has 1 heterocycles. The van der Waals surface area contributed by atoms with Crippen molar-refractivity contribution in [3.8, 4) is 0 Å². The molecule has 104 valence electrons. The van der Waals surface area contributed by atoms with E-state index in [0.717, 1.165) is 19.3 Å². The second-order valence-electron chi connectivity index (χ2n) is 5.78. The maximum atomic E-state index is 12.3. The molecule has 3 fully saturated rings. The average molecular weight is 266 g/mol. The van der Waals surface area contributed by atoms with Gasteiger partial charge in [-0.25, -0.2) is 0 Å². The van der Waals surface area contributed by atoms with Gasteiger partial charge in [0.15, 0.2) is 6.61 Å². The van der Waals surface area contributed by atoms with Crippen LogP contribution in [0.2, 0.25) is 0 Å². The van der Waals surface area contributed by atoms with E-state index in [-0.39, 0.29) is 12.6 Å². The van der Waals surface area contributed by atoms with Crippen LogP contribution in [-0.4, -0.2) is 36.9 Å². The number of fused-ring (bicyclic) bond motifs is 3. The van der Waals surface area contributed by atoms with Crippen LogP contribution >= 0.6 is 0 Å². The Hall–Kier alpha value is -1.50. The van der Waals surface area contributed by atoms with Gasteiger partial charge < -0.3 is 9.84 Å². The summed E-state index contributed by atoms with van der Waals surface area (Å²) in [7, 11) is 1.67. The summed E-state index contributed by atoms with van der Waals surface area (Å²) in [5, 5.41) is 21.6. The highest BCUT2D eigenvalue weighted by molar-refractivity contribution is 5.77. The first-order valence-electron chi connectivity index (χ1n) is 6.64. The van der Waals surface area contributed by atoms with Gasteiger partial charge in [0.25, 0.3) is 0 Å². The molecule has 1 N–H and O–H groups in total. The zero-order valence-electron chi connectivity index (χ0n) is 11.0. The van der Waals surface area contributed by atoms with Gasteiger partial charge in [0.1, 0.15) is 0 Å². The van der Waals surface area contributed by atoms with E-state index in [1.54, 1.807) is 7.05 Å². The van der Waals surface area contributed by atoms with E-state index in [1.807, 2.05) is 0 Å². The summed E-state index contributed by atoms with van der Waals surface area (Å²) < 4.78 is 5.33. The van der Waals surface area contributed by atoms with Crippen molar-refractivity contribution in [1.29, 1.82) is 0 Å². The van der Waals surface area contributed by atoms with Crippen LogP contribution < -0.4 is 0 Å². The zero-order valence-corrected chi connectivity index (χ0v) is 11.0. The number of aryl methyl sites for hydroxylation is 1. The SMILES string of the molecule is Cn1nnc(COC(=O)C23CCC(O)(CC2)CC3)n1.